The summed E-state index contributed by atoms with van der Waals surface area (Å²) in [6.45, 7) is 0. The summed E-state index contributed by atoms with van der Waals surface area (Å²) >= 11 is 0. The summed E-state index contributed by atoms with van der Waals surface area (Å²) in [5.74, 6) is -0.344. The third kappa shape index (κ3) is 5.34. The van der Waals surface area contributed by atoms with Crippen molar-refractivity contribution in [3.05, 3.63) is 90.0 Å². The Hall–Kier alpha value is -3.32. The average Bonchev–Trinajstić information content (AvgIpc) is 2.69. The molecule has 0 heterocycles. The Labute approximate surface area is 164 Å². The molecular weight excluding hydrogens is 374 g/mol. The molecule has 3 aromatic rings. The molecule has 28 heavy (non-hydrogen) atoms. The number of hydrogen-bond acceptors (Lipinski definition) is 4. The lowest BCUT2D eigenvalue weighted by atomic mass is 10.2. The van der Waals surface area contributed by atoms with Gasteiger partial charge in [-0.3, -0.25) is 9.52 Å². The van der Waals surface area contributed by atoms with Gasteiger partial charge in [0.15, 0.2) is 0 Å². The van der Waals surface area contributed by atoms with Gasteiger partial charge in [0, 0.05) is 11.3 Å². The molecule has 7 heteroatoms. The number of sulfonamides is 1. The molecule has 0 atom stereocenters. The normalized spacial score (nSPS) is 11.0. The standard InChI is InChI=1S/C21H21N3O3S/c22-19-8-4-5-9-20(19)23-21(25)17-10-12-18(13-11-17)24-28(26,27)15-14-16-6-2-1-3-7-16/h1-13,24H,14-15,22H2,(H,23,25). The zero-order chi connectivity index (χ0) is 20.0. The van der Waals surface area contributed by atoms with Crippen molar-refractivity contribution in [2.45, 2.75) is 6.42 Å². The van der Waals surface area contributed by atoms with Crippen LogP contribution in [0.25, 0.3) is 0 Å². The minimum atomic E-state index is -3.49. The molecule has 0 saturated heterocycles. The highest BCUT2D eigenvalue weighted by molar-refractivity contribution is 7.92. The van der Waals surface area contributed by atoms with Crippen molar-refractivity contribution in [1.82, 2.24) is 0 Å². The van der Waals surface area contributed by atoms with E-state index in [1.165, 1.54) is 0 Å². The lowest BCUT2D eigenvalue weighted by molar-refractivity contribution is 0.102. The van der Waals surface area contributed by atoms with E-state index in [9.17, 15) is 13.2 Å². The SMILES string of the molecule is Nc1ccccc1NC(=O)c1ccc(NS(=O)(=O)CCc2ccccc2)cc1. The summed E-state index contributed by atoms with van der Waals surface area (Å²) in [7, 11) is -3.49. The van der Waals surface area contributed by atoms with Crippen molar-refractivity contribution in [1.29, 1.82) is 0 Å². The van der Waals surface area contributed by atoms with Gasteiger partial charge in [-0.25, -0.2) is 8.42 Å². The highest BCUT2D eigenvalue weighted by Crippen LogP contribution is 2.19. The van der Waals surface area contributed by atoms with Crippen molar-refractivity contribution >= 4 is 33.0 Å². The largest absolute Gasteiger partial charge is 0.397 e. The molecule has 6 nitrogen and oxygen atoms in total. The molecule has 0 aromatic heterocycles. The summed E-state index contributed by atoms with van der Waals surface area (Å²) in [4.78, 5) is 12.3. The Morgan fingerprint density at radius 2 is 1.50 bits per heavy atom. The van der Waals surface area contributed by atoms with Gasteiger partial charge in [-0.2, -0.15) is 0 Å². The number of carbonyl (C=O) groups excluding carboxylic acids is 1. The van der Waals surface area contributed by atoms with Gasteiger partial charge in [0.25, 0.3) is 5.91 Å². The maximum Gasteiger partial charge on any atom is 0.255 e. The number of benzene rings is 3. The van der Waals surface area contributed by atoms with E-state index in [-0.39, 0.29) is 11.7 Å². The second kappa shape index (κ2) is 8.58. The lowest BCUT2D eigenvalue weighted by Gasteiger charge is -2.10. The molecule has 0 fully saturated rings. The highest BCUT2D eigenvalue weighted by Gasteiger charge is 2.12. The number of hydrogen-bond donors (Lipinski definition) is 3. The van der Waals surface area contributed by atoms with Crippen LogP contribution in [0.2, 0.25) is 0 Å². The number of amides is 1. The maximum atomic E-state index is 12.3. The monoisotopic (exact) mass is 395 g/mol. The number of para-hydroxylation sites is 2. The average molecular weight is 395 g/mol. The van der Waals surface area contributed by atoms with Crippen LogP contribution < -0.4 is 15.8 Å². The summed E-state index contributed by atoms with van der Waals surface area (Å²) in [6, 6.07) is 22.6. The predicted molar refractivity (Wildman–Crippen MR) is 113 cm³/mol. The Balaban J connectivity index is 1.60. The molecule has 3 aromatic carbocycles. The van der Waals surface area contributed by atoms with Crippen LogP contribution in [-0.2, 0) is 16.4 Å². The molecule has 0 saturated carbocycles. The summed E-state index contributed by atoms with van der Waals surface area (Å²) in [6.07, 6.45) is 0.426. The van der Waals surface area contributed by atoms with Gasteiger partial charge in [0.05, 0.1) is 17.1 Å². The van der Waals surface area contributed by atoms with Gasteiger partial charge in [0.1, 0.15) is 0 Å². The molecule has 0 aliphatic heterocycles. The van der Waals surface area contributed by atoms with Crippen LogP contribution in [0.15, 0.2) is 78.9 Å². The number of nitrogen functional groups attached to an aromatic ring is 1. The molecule has 4 N–H and O–H groups in total. The Bertz CT molecular complexity index is 1050. The van der Waals surface area contributed by atoms with E-state index in [2.05, 4.69) is 10.0 Å². The van der Waals surface area contributed by atoms with Crippen LogP contribution in [0.1, 0.15) is 15.9 Å². The van der Waals surface area contributed by atoms with E-state index in [1.807, 2.05) is 30.3 Å². The third-order valence-corrected chi connectivity index (χ3v) is 5.42. The van der Waals surface area contributed by atoms with E-state index in [0.29, 0.717) is 29.0 Å². The zero-order valence-corrected chi connectivity index (χ0v) is 15.9. The molecule has 3 rings (SSSR count). The van der Waals surface area contributed by atoms with E-state index >= 15 is 0 Å². The van der Waals surface area contributed by atoms with Crippen LogP contribution in [0.4, 0.5) is 17.1 Å². The number of aryl methyl sites for hydroxylation is 1. The molecule has 0 aliphatic carbocycles. The smallest absolute Gasteiger partial charge is 0.255 e. The fourth-order valence-electron chi connectivity index (χ4n) is 2.62. The summed E-state index contributed by atoms with van der Waals surface area (Å²) in [5.41, 5.74) is 8.58. The second-order valence-corrected chi connectivity index (χ2v) is 8.12. The Morgan fingerprint density at radius 1 is 0.857 bits per heavy atom. The van der Waals surface area contributed by atoms with E-state index in [0.717, 1.165) is 5.56 Å². The van der Waals surface area contributed by atoms with Crippen LogP contribution >= 0.6 is 0 Å². The summed E-state index contributed by atoms with van der Waals surface area (Å²) < 4.78 is 27.1. The Kier molecular flexibility index (Phi) is 5.96. The van der Waals surface area contributed by atoms with Gasteiger partial charge in [-0.05, 0) is 48.4 Å². The van der Waals surface area contributed by atoms with Crippen LogP contribution in [0, 0.1) is 0 Å². The fourth-order valence-corrected chi connectivity index (χ4v) is 3.72. The number of nitrogens with two attached hydrogens (primary N) is 1. The van der Waals surface area contributed by atoms with Crippen molar-refractivity contribution in [3.8, 4) is 0 Å². The van der Waals surface area contributed by atoms with E-state index in [4.69, 9.17) is 5.73 Å². The highest BCUT2D eigenvalue weighted by atomic mass is 32.2. The summed E-state index contributed by atoms with van der Waals surface area (Å²) in [5, 5.41) is 2.73. The van der Waals surface area contributed by atoms with E-state index < -0.39 is 10.0 Å². The van der Waals surface area contributed by atoms with Crippen LogP contribution in [-0.4, -0.2) is 20.1 Å². The quantitative estimate of drug-likeness (QED) is 0.533. The minimum Gasteiger partial charge on any atom is -0.397 e. The molecule has 0 spiro atoms. The minimum absolute atomic E-state index is 0.0213. The van der Waals surface area contributed by atoms with Gasteiger partial charge in [-0.15, -0.1) is 0 Å². The van der Waals surface area contributed by atoms with Crippen molar-refractivity contribution in [2.75, 3.05) is 21.5 Å². The molecule has 0 aliphatic rings. The van der Waals surface area contributed by atoms with Gasteiger partial charge < -0.3 is 11.1 Å². The predicted octanol–water partition coefficient (Wildman–Crippen LogP) is 3.51. The first kappa shape index (κ1) is 19.4. The first-order valence-electron chi connectivity index (χ1n) is 8.73. The number of anilines is 3. The van der Waals surface area contributed by atoms with Gasteiger partial charge >= 0.3 is 0 Å². The van der Waals surface area contributed by atoms with Crippen LogP contribution in [0.3, 0.4) is 0 Å². The third-order valence-electron chi connectivity index (χ3n) is 4.13. The maximum absolute atomic E-state index is 12.3. The van der Waals surface area contributed by atoms with Crippen molar-refractivity contribution in [2.24, 2.45) is 0 Å². The molecular formula is C21H21N3O3S. The van der Waals surface area contributed by atoms with E-state index in [1.54, 1.807) is 48.5 Å². The zero-order valence-electron chi connectivity index (χ0n) is 15.1. The second-order valence-electron chi connectivity index (χ2n) is 6.28. The molecule has 0 unspecified atom stereocenters. The van der Waals surface area contributed by atoms with Gasteiger partial charge in [-0.1, -0.05) is 42.5 Å². The first-order valence-corrected chi connectivity index (χ1v) is 10.4. The van der Waals surface area contributed by atoms with Crippen LogP contribution in [0.5, 0.6) is 0 Å². The number of nitrogens with one attached hydrogen (secondary N) is 2. The topological polar surface area (TPSA) is 101 Å². The van der Waals surface area contributed by atoms with Crippen molar-refractivity contribution in [3.63, 3.8) is 0 Å². The number of carbonyl (C=O) groups is 1. The molecule has 0 radical (unpaired) electrons. The van der Waals surface area contributed by atoms with Crippen molar-refractivity contribution < 1.29 is 13.2 Å². The fraction of sp³-hybridized carbons (Fsp3) is 0.0952. The molecule has 144 valence electrons. The molecule has 1 amide bonds. The molecule has 0 bridgehead atoms. The number of rotatable bonds is 7. The van der Waals surface area contributed by atoms with Gasteiger partial charge in [0.2, 0.25) is 10.0 Å². The first-order chi connectivity index (χ1) is 13.4. The lowest BCUT2D eigenvalue weighted by Crippen LogP contribution is -2.18. The Morgan fingerprint density at radius 3 is 2.18 bits per heavy atom.